The molecule has 22 heavy (non-hydrogen) atoms. The molecule has 0 aromatic heterocycles. The molecule has 1 unspecified atom stereocenters. The largest absolute Gasteiger partial charge is 0.345 e. The van der Waals surface area contributed by atoms with Gasteiger partial charge < -0.3 is 10.6 Å². The lowest BCUT2D eigenvalue weighted by molar-refractivity contribution is -0.131. The van der Waals surface area contributed by atoms with Gasteiger partial charge in [0.2, 0.25) is 5.91 Å². The van der Waals surface area contributed by atoms with Crippen LogP contribution in [-0.4, -0.2) is 30.9 Å². The molecule has 126 valence electrons. The molecule has 1 aromatic carbocycles. The lowest BCUT2D eigenvalue weighted by Gasteiger charge is -2.29. The molecule has 1 aromatic rings. The summed E-state index contributed by atoms with van der Waals surface area (Å²) in [5.41, 5.74) is 6.56. The van der Waals surface area contributed by atoms with Gasteiger partial charge in [-0.05, 0) is 42.0 Å². The van der Waals surface area contributed by atoms with Gasteiger partial charge in [0.15, 0.2) is 0 Å². The van der Waals surface area contributed by atoms with Crippen molar-refractivity contribution < 1.29 is 9.18 Å². The normalized spacial score (nSPS) is 12.5. The third kappa shape index (κ3) is 7.23. The van der Waals surface area contributed by atoms with Crippen LogP contribution in [0.25, 0.3) is 0 Å². The highest BCUT2D eigenvalue weighted by molar-refractivity contribution is 5.85. The van der Waals surface area contributed by atoms with Crippen LogP contribution in [0.3, 0.4) is 0 Å². The molecule has 0 radical (unpaired) electrons. The third-order valence-electron chi connectivity index (χ3n) is 3.64. The number of halogens is 2. The minimum atomic E-state index is -0.229. The third-order valence-corrected chi connectivity index (χ3v) is 3.64. The predicted molar refractivity (Wildman–Crippen MR) is 91.6 cm³/mol. The van der Waals surface area contributed by atoms with E-state index < -0.39 is 0 Å². The molecular formula is C17H28ClFN2O. The van der Waals surface area contributed by atoms with Gasteiger partial charge >= 0.3 is 0 Å². The molecule has 0 spiro atoms. The molecule has 0 saturated heterocycles. The molecule has 0 heterocycles. The minimum Gasteiger partial charge on any atom is -0.345 e. The van der Waals surface area contributed by atoms with Gasteiger partial charge in [0.25, 0.3) is 0 Å². The summed E-state index contributed by atoms with van der Waals surface area (Å²) < 4.78 is 13.1. The summed E-state index contributed by atoms with van der Waals surface area (Å²) in [6.45, 7) is 7.31. The Balaban J connectivity index is 0.00000441. The standard InChI is InChI=1S/C17H27FN2O.ClH/c1-13(8-14-6-5-7-15(18)10-14)9-16(21)20(4)12-17(2,3)11-19;/h5-7,10,13H,8-9,11-12,19H2,1-4H3;1H. The van der Waals surface area contributed by atoms with Gasteiger partial charge in [-0.2, -0.15) is 0 Å². The number of benzene rings is 1. The van der Waals surface area contributed by atoms with E-state index in [9.17, 15) is 9.18 Å². The lowest BCUT2D eigenvalue weighted by Crippen LogP contribution is -2.40. The van der Waals surface area contributed by atoms with Crippen LogP contribution in [0, 0.1) is 17.2 Å². The Morgan fingerprint density at radius 1 is 1.41 bits per heavy atom. The van der Waals surface area contributed by atoms with E-state index in [0.29, 0.717) is 25.9 Å². The monoisotopic (exact) mass is 330 g/mol. The Kier molecular flexibility index (Phi) is 8.64. The van der Waals surface area contributed by atoms with Crippen LogP contribution < -0.4 is 5.73 Å². The molecule has 0 bridgehead atoms. The zero-order valence-corrected chi connectivity index (χ0v) is 14.8. The fraction of sp³-hybridized carbons (Fsp3) is 0.588. The molecule has 0 fully saturated rings. The molecule has 3 nitrogen and oxygen atoms in total. The van der Waals surface area contributed by atoms with Crippen molar-refractivity contribution in [1.82, 2.24) is 4.90 Å². The maximum Gasteiger partial charge on any atom is 0.222 e. The number of nitrogens with zero attached hydrogens (tertiary/aromatic N) is 1. The van der Waals surface area contributed by atoms with Crippen molar-refractivity contribution in [3.05, 3.63) is 35.6 Å². The van der Waals surface area contributed by atoms with E-state index in [2.05, 4.69) is 0 Å². The highest BCUT2D eigenvalue weighted by Gasteiger charge is 2.22. The van der Waals surface area contributed by atoms with Crippen molar-refractivity contribution in [2.45, 2.75) is 33.6 Å². The van der Waals surface area contributed by atoms with Crippen molar-refractivity contribution >= 4 is 18.3 Å². The Labute approximate surface area is 139 Å². The number of nitrogens with two attached hydrogens (primary N) is 1. The van der Waals surface area contributed by atoms with E-state index in [1.54, 1.807) is 11.0 Å². The van der Waals surface area contributed by atoms with Gasteiger partial charge in [0, 0.05) is 20.0 Å². The molecule has 1 atom stereocenters. The second kappa shape index (κ2) is 9.11. The number of carbonyl (C=O) groups is 1. The summed E-state index contributed by atoms with van der Waals surface area (Å²) in [6, 6.07) is 6.56. The van der Waals surface area contributed by atoms with Gasteiger partial charge in [0.05, 0.1) is 0 Å². The predicted octanol–water partition coefficient (Wildman–Crippen LogP) is 3.26. The Morgan fingerprint density at radius 2 is 2.05 bits per heavy atom. The van der Waals surface area contributed by atoms with Crippen molar-refractivity contribution in [1.29, 1.82) is 0 Å². The first-order valence-electron chi connectivity index (χ1n) is 7.42. The highest BCUT2D eigenvalue weighted by atomic mass is 35.5. The summed E-state index contributed by atoms with van der Waals surface area (Å²) in [7, 11) is 1.81. The second-order valence-electron chi connectivity index (χ2n) is 6.76. The quantitative estimate of drug-likeness (QED) is 0.834. The van der Waals surface area contributed by atoms with Crippen molar-refractivity contribution in [2.75, 3.05) is 20.1 Å². The van der Waals surface area contributed by atoms with Crippen LogP contribution in [0.5, 0.6) is 0 Å². The van der Waals surface area contributed by atoms with Crippen LogP contribution in [-0.2, 0) is 11.2 Å². The average Bonchev–Trinajstić information content (AvgIpc) is 2.38. The zero-order valence-electron chi connectivity index (χ0n) is 13.9. The van der Waals surface area contributed by atoms with Crippen LogP contribution in [0.2, 0.25) is 0 Å². The molecule has 0 aliphatic heterocycles. The molecule has 1 rings (SSSR count). The first-order chi connectivity index (χ1) is 9.73. The van der Waals surface area contributed by atoms with E-state index in [-0.39, 0.29) is 35.5 Å². The van der Waals surface area contributed by atoms with E-state index in [1.807, 2.05) is 33.9 Å². The van der Waals surface area contributed by atoms with E-state index in [0.717, 1.165) is 5.56 Å². The Hall–Kier alpha value is -1.13. The Morgan fingerprint density at radius 3 is 2.59 bits per heavy atom. The summed E-state index contributed by atoms with van der Waals surface area (Å²) in [5.74, 6) is 0.0657. The van der Waals surface area contributed by atoms with Gasteiger partial charge in [-0.25, -0.2) is 4.39 Å². The van der Waals surface area contributed by atoms with Crippen LogP contribution in [0.4, 0.5) is 4.39 Å². The van der Waals surface area contributed by atoms with Gasteiger partial charge in [-0.15, -0.1) is 12.4 Å². The molecule has 5 heteroatoms. The molecule has 2 N–H and O–H groups in total. The fourth-order valence-electron chi connectivity index (χ4n) is 2.39. The summed E-state index contributed by atoms with van der Waals surface area (Å²) >= 11 is 0. The van der Waals surface area contributed by atoms with Crippen molar-refractivity contribution in [3.63, 3.8) is 0 Å². The Bertz CT molecular complexity index is 479. The molecule has 1 amide bonds. The SMILES string of the molecule is CC(CC(=O)N(C)CC(C)(C)CN)Cc1cccc(F)c1.Cl. The lowest BCUT2D eigenvalue weighted by atomic mass is 9.92. The maximum absolute atomic E-state index is 13.1. The van der Waals surface area contributed by atoms with Crippen molar-refractivity contribution in [3.8, 4) is 0 Å². The van der Waals surface area contributed by atoms with Crippen LogP contribution in [0.1, 0.15) is 32.8 Å². The smallest absolute Gasteiger partial charge is 0.222 e. The molecular weight excluding hydrogens is 303 g/mol. The van der Waals surface area contributed by atoms with Crippen LogP contribution >= 0.6 is 12.4 Å². The van der Waals surface area contributed by atoms with Crippen LogP contribution in [0.15, 0.2) is 24.3 Å². The van der Waals surface area contributed by atoms with E-state index >= 15 is 0 Å². The number of amides is 1. The topological polar surface area (TPSA) is 46.3 Å². The molecule has 0 aliphatic carbocycles. The number of carbonyl (C=O) groups excluding carboxylic acids is 1. The van der Waals surface area contributed by atoms with Gasteiger partial charge in [0.1, 0.15) is 5.82 Å². The average molecular weight is 331 g/mol. The van der Waals surface area contributed by atoms with Crippen molar-refractivity contribution in [2.24, 2.45) is 17.1 Å². The summed E-state index contributed by atoms with van der Waals surface area (Å²) in [4.78, 5) is 14.0. The first kappa shape index (κ1) is 20.9. The second-order valence-corrected chi connectivity index (χ2v) is 6.76. The summed E-state index contributed by atoms with van der Waals surface area (Å²) in [5, 5.41) is 0. The van der Waals surface area contributed by atoms with Gasteiger partial charge in [-0.3, -0.25) is 4.79 Å². The fourth-order valence-corrected chi connectivity index (χ4v) is 2.39. The number of hydrogen-bond donors (Lipinski definition) is 1. The first-order valence-corrected chi connectivity index (χ1v) is 7.42. The number of hydrogen-bond acceptors (Lipinski definition) is 2. The van der Waals surface area contributed by atoms with Gasteiger partial charge in [-0.1, -0.05) is 32.9 Å². The highest BCUT2D eigenvalue weighted by Crippen LogP contribution is 2.17. The zero-order chi connectivity index (χ0) is 16.0. The molecule has 0 aliphatic rings. The van der Waals surface area contributed by atoms with E-state index in [1.165, 1.54) is 12.1 Å². The minimum absolute atomic E-state index is 0. The maximum atomic E-state index is 13.1. The molecule has 0 saturated carbocycles. The number of rotatable bonds is 7. The van der Waals surface area contributed by atoms with E-state index in [4.69, 9.17) is 5.73 Å². The summed E-state index contributed by atoms with van der Waals surface area (Å²) in [6.07, 6.45) is 1.17.